The lowest BCUT2D eigenvalue weighted by Crippen LogP contribution is -2.47. The predicted molar refractivity (Wildman–Crippen MR) is 112 cm³/mol. The average molecular weight is 429 g/mol. The second-order valence-electron chi connectivity index (χ2n) is 6.36. The van der Waals surface area contributed by atoms with E-state index in [9.17, 15) is 13.2 Å². The summed E-state index contributed by atoms with van der Waals surface area (Å²) in [6.07, 6.45) is 1.38. The summed E-state index contributed by atoms with van der Waals surface area (Å²) in [7, 11) is -3.69. The molecule has 0 heterocycles. The Morgan fingerprint density at radius 2 is 1.78 bits per heavy atom. The van der Waals surface area contributed by atoms with Gasteiger partial charge in [0.25, 0.3) is 0 Å². The molecule has 27 heavy (non-hydrogen) atoms. The maximum absolute atomic E-state index is 12.9. The van der Waals surface area contributed by atoms with Gasteiger partial charge >= 0.3 is 0 Å². The van der Waals surface area contributed by atoms with E-state index < -0.39 is 22.0 Å². The van der Waals surface area contributed by atoms with Crippen molar-refractivity contribution in [3.63, 3.8) is 0 Å². The molecule has 0 fully saturated rings. The molecule has 5 nitrogen and oxygen atoms in total. The summed E-state index contributed by atoms with van der Waals surface area (Å²) in [6.45, 7) is 5.59. The number of carbonyl (C=O) groups is 1. The Hall–Kier alpha value is -1.76. The fourth-order valence-electron chi connectivity index (χ4n) is 2.73. The number of benzene rings is 2. The minimum Gasteiger partial charge on any atom is -0.323 e. The van der Waals surface area contributed by atoms with Crippen molar-refractivity contribution < 1.29 is 13.2 Å². The number of nitrogens with one attached hydrogen (secondary N) is 1. The van der Waals surface area contributed by atoms with Crippen molar-refractivity contribution in [3.8, 4) is 0 Å². The molecule has 0 aliphatic rings. The molecule has 1 N–H and O–H groups in total. The molecule has 0 saturated heterocycles. The van der Waals surface area contributed by atoms with Gasteiger partial charge in [-0.2, -0.15) is 0 Å². The molecular formula is C19H22Cl2N2O3S. The van der Waals surface area contributed by atoms with Gasteiger partial charge in [0.2, 0.25) is 15.9 Å². The number of hydrogen-bond donors (Lipinski definition) is 1. The first-order chi connectivity index (χ1) is 12.5. The molecular weight excluding hydrogens is 407 g/mol. The molecule has 2 rings (SSSR count). The zero-order valence-electron chi connectivity index (χ0n) is 15.6. The Morgan fingerprint density at radius 3 is 2.30 bits per heavy atom. The zero-order valence-corrected chi connectivity index (χ0v) is 17.9. The topological polar surface area (TPSA) is 66.5 Å². The number of rotatable bonds is 6. The minimum absolute atomic E-state index is 0.280. The lowest BCUT2D eigenvalue weighted by atomic mass is 10.1. The summed E-state index contributed by atoms with van der Waals surface area (Å²) in [5.74, 6) is -0.467. The molecule has 0 aromatic heterocycles. The Bertz CT molecular complexity index is 961. The summed E-state index contributed by atoms with van der Waals surface area (Å²) in [6, 6.07) is 9.07. The second kappa shape index (κ2) is 8.50. The van der Waals surface area contributed by atoms with Gasteiger partial charge in [-0.25, -0.2) is 8.42 Å². The van der Waals surface area contributed by atoms with Crippen LogP contribution in [0.25, 0.3) is 0 Å². The Morgan fingerprint density at radius 1 is 1.11 bits per heavy atom. The van der Waals surface area contributed by atoms with Crippen LogP contribution in [0.5, 0.6) is 0 Å². The minimum atomic E-state index is -3.69. The quantitative estimate of drug-likeness (QED) is 0.718. The van der Waals surface area contributed by atoms with E-state index >= 15 is 0 Å². The highest BCUT2D eigenvalue weighted by Gasteiger charge is 2.32. The molecule has 0 saturated carbocycles. The van der Waals surface area contributed by atoms with E-state index in [2.05, 4.69) is 5.32 Å². The lowest BCUT2D eigenvalue weighted by molar-refractivity contribution is -0.117. The van der Waals surface area contributed by atoms with Gasteiger partial charge in [0, 0.05) is 5.02 Å². The third kappa shape index (κ3) is 5.15. The molecule has 0 spiro atoms. The van der Waals surface area contributed by atoms with Gasteiger partial charge < -0.3 is 5.32 Å². The standard InChI is InChI=1S/C19H22Cl2N2O3S/c1-5-18(19(24)22-17-9-7-14(20)11-16(17)21)23(27(4,25)26)15-8-6-12(2)13(3)10-15/h6-11,18H,5H2,1-4H3,(H,22,24)/t18-/m0/s1. The van der Waals surface area contributed by atoms with Crippen LogP contribution in [0.3, 0.4) is 0 Å². The number of carbonyl (C=O) groups excluding carboxylic acids is 1. The van der Waals surface area contributed by atoms with E-state index in [1.165, 1.54) is 6.07 Å². The highest BCUT2D eigenvalue weighted by Crippen LogP contribution is 2.28. The third-order valence-corrected chi connectivity index (χ3v) is 5.99. The Balaban J connectivity index is 2.42. The van der Waals surface area contributed by atoms with Gasteiger partial charge in [-0.15, -0.1) is 0 Å². The summed E-state index contributed by atoms with van der Waals surface area (Å²) in [5.41, 5.74) is 2.80. The summed E-state index contributed by atoms with van der Waals surface area (Å²) in [5, 5.41) is 3.42. The highest BCUT2D eigenvalue weighted by molar-refractivity contribution is 7.92. The van der Waals surface area contributed by atoms with Crippen molar-refractivity contribution in [2.24, 2.45) is 0 Å². The Kier molecular flexibility index (Phi) is 6.78. The molecule has 0 bridgehead atoms. The van der Waals surface area contributed by atoms with Crippen molar-refractivity contribution in [2.45, 2.75) is 33.2 Å². The molecule has 2 aromatic rings. The predicted octanol–water partition coefficient (Wildman–Crippen LogP) is 4.79. The van der Waals surface area contributed by atoms with E-state index in [0.29, 0.717) is 16.4 Å². The van der Waals surface area contributed by atoms with Crippen molar-refractivity contribution in [1.82, 2.24) is 0 Å². The first kappa shape index (κ1) is 21.5. The molecule has 1 amide bonds. The first-order valence-corrected chi connectivity index (χ1v) is 11.0. The molecule has 8 heteroatoms. The average Bonchev–Trinajstić information content (AvgIpc) is 2.56. The number of hydrogen-bond acceptors (Lipinski definition) is 3. The maximum Gasteiger partial charge on any atom is 0.248 e. The van der Waals surface area contributed by atoms with E-state index in [0.717, 1.165) is 21.7 Å². The van der Waals surface area contributed by atoms with Crippen LogP contribution in [0.1, 0.15) is 24.5 Å². The van der Waals surface area contributed by atoms with Crippen LogP contribution >= 0.6 is 23.2 Å². The zero-order chi connectivity index (χ0) is 20.4. The van der Waals surface area contributed by atoms with Crippen LogP contribution in [0.2, 0.25) is 10.0 Å². The van der Waals surface area contributed by atoms with Crippen molar-refractivity contribution in [2.75, 3.05) is 15.9 Å². The van der Waals surface area contributed by atoms with E-state index in [1.54, 1.807) is 31.2 Å². The maximum atomic E-state index is 12.9. The first-order valence-electron chi connectivity index (χ1n) is 8.37. The molecule has 146 valence electrons. The normalized spacial score (nSPS) is 12.5. The number of halogens is 2. The number of aryl methyl sites for hydroxylation is 2. The van der Waals surface area contributed by atoms with Crippen molar-refractivity contribution in [1.29, 1.82) is 0 Å². The highest BCUT2D eigenvalue weighted by atomic mass is 35.5. The van der Waals surface area contributed by atoms with Crippen LogP contribution in [0.4, 0.5) is 11.4 Å². The van der Waals surface area contributed by atoms with Gasteiger partial charge in [0.1, 0.15) is 6.04 Å². The van der Waals surface area contributed by atoms with Gasteiger partial charge in [0.15, 0.2) is 0 Å². The van der Waals surface area contributed by atoms with Crippen LogP contribution < -0.4 is 9.62 Å². The summed E-state index contributed by atoms with van der Waals surface area (Å²) < 4.78 is 26.2. The van der Waals surface area contributed by atoms with Gasteiger partial charge in [0.05, 0.1) is 22.7 Å². The van der Waals surface area contributed by atoms with Crippen molar-refractivity contribution in [3.05, 3.63) is 57.6 Å². The van der Waals surface area contributed by atoms with Crippen molar-refractivity contribution >= 4 is 50.5 Å². The molecule has 0 radical (unpaired) electrons. The molecule has 0 unspecified atom stereocenters. The van der Waals surface area contributed by atoms with E-state index in [1.807, 2.05) is 19.9 Å². The molecule has 1 atom stereocenters. The van der Waals surface area contributed by atoms with Crippen LogP contribution in [0, 0.1) is 13.8 Å². The lowest BCUT2D eigenvalue weighted by Gasteiger charge is -2.30. The Labute approximate surface area is 170 Å². The van der Waals surface area contributed by atoms with Gasteiger partial charge in [-0.3, -0.25) is 9.10 Å². The fourth-order valence-corrected chi connectivity index (χ4v) is 4.39. The number of sulfonamides is 1. The van der Waals surface area contributed by atoms with Crippen LogP contribution in [0.15, 0.2) is 36.4 Å². The number of amides is 1. The second-order valence-corrected chi connectivity index (χ2v) is 9.07. The SMILES string of the molecule is CC[C@@H](C(=O)Nc1ccc(Cl)cc1Cl)N(c1ccc(C)c(C)c1)S(C)(=O)=O. The molecule has 2 aromatic carbocycles. The largest absolute Gasteiger partial charge is 0.323 e. The van der Waals surface area contributed by atoms with E-state index in [4.69, 9.17) is 23.2 Å². The number of nitrogens with zero attached hydrogens (tertiary/aromatic N) is 1. The third-order valence-electron chi connectivity index (χ3n) is 4.26. The monoisotopic (exact) mass is 428 g/mol. The summed E-state index contributed by atoms with van der Waals surface area (Å²) in [4.78, 5) is 12.9. The van der Waals surface area contributed by atoms with Crippen LogP contribution in [-0.4, -0.2) is 26.6 Å². The van der Waals surface area contributed by atoms with Crippen LogP contribution in [-0.2, 0) is 14.8 Å². The smallest absolute Gasteiger partial charge is 0.248 e. The molecule has 0 aliphatic carbocycles. The summed E-state index contributed by atoms with van der Waals surface area (Å²) >= 11 is 12.0. The van der Waals surface area contributed by atoms with E-state index in [-0.39, 0.29) is 11.4 Å². The van der Waals surface area contributed by atoms with Gasteiger partial charge in [-0.05, 0) is 61.7 Å². The van der Waals surface area contributed by atoms with Gasteiger partial charge in [-0.1, -0.05) is 36.2 Å². The molecule has 0 aliphatic heterocycles. The number of anilines is 2. The fraction of sp³-hybridized carbons (Fsp3) is 0.316.